The average molecular weight is 397 g/mol. The summed E-state index contributed by atoms with van der Waals surface area (Å²) >= 11 is 6.02. The molecule has 2 aromatic carbocycles. The summed E-state index contributed by atoms with van der Waals surface area (Å²) in [6, 6.07) is 12.5. The number of rotatable bonds is 4. The first-order valence-corrected chi connectivity index (χ1v) is 9.67. The Balaban J connectivity index is 1.86. The van der Waals surface area contributed by atoms with Gasteiger partial charge >= 0.3 is 0 Å². The summed E-state index contributed by atoms with van der Waals surface area (Å²) in [5, 5.41) is 0.584. The van der Waals surface area contributed by atoms with Crippen molar-refractivity contribution < 1.29 is 14.3 Å². The van der Waals surface area contributed by atoms with Crippen LogP contribution in [-0.4, -0.2) is 36.9 Å². The van der Waals surface area contributed by atoms with Crippen LogP contribution in [0.1, 0.15) is 24.0 Å². The molecule has 0 unspecified atom stereocenters. The van der Waals surface area contributed by atoms with Crippen LogP contribution in [0.15, 0.2) is 48.2 Å². The molecule has 2 aliphatic rings. The van der Waals surface area contributed by atoms with Crippen LogP contribution < -0.4 is 9.64 Å². The maximum Gasteiger partial charge on any atom is 0.282 e. The van der Waals surface area contributed by atoms with Gasteiger partial charge < -0.3 is 9.64 Å². The minimum atomic E-state index is -0.335. The first-order chi connectivity index (χ1) is 13.5. The molecule has 6 heteroatoms. The minimum Gasteiger partial charge on any atom is -0.495 e. The molecular weight excluding hydrogens is 376 g/mol. The zero-order valence-corrected chi connectivity index (χ0v) is 16.6. The lowest BCUT2D eigenvalue weighted by molar-refractivity contribution is -0.120. The average Bonchev–Trinajstić information content (AvgIpc) is 3.29. The van der Waals surface area contributed by atoms with Gasteiger partial charge in [0.25, 0.3) is 11.8 Å². The number of amides is 2. The van der Waals surface area contributed by atoms with Crippen molar-refractivity contribution in [2.75, 3.05) is 25.1 Å². The first kappa shape index (κ1) is 18.6. The van der Waals surface area contributed by atoms with E-state index in [-0.39, 0.29) is 11.8 Å². The summed E-state index contributed by atoms with van der Waals surface area (Å²) < 4.78 is 5.43. The van der Waals surface area contributed by atoms with Crippen LogP contribution in [0, 0.1) is 6.92 Å². The van der Waals surface area contributed by atoms with Gasteiger partial charge in [-0.1, -0.05) is 29.8 Å². The Labute approximate surface area is 169 Å². The third-order valence-electron chi connectivity index (χ3n) is 5.19. The molecule has 2 aliphatic heterocycles. The molecule has 1 fully saturated rings. The second kappa shape index (κ2) is 7.32. The van der Waals surface area contributed by atoms with Crippen LogP contribution in [0.4, 0.5) is 5.69 Å². The lowest BCUT2D eigenvalue weighted by atomic mass is 10.0. The van der Waals surface area contributed by atoms with Crippen molar-refractivity contribution >= 4 is 34.7 Å². The molecule has 0 spiro atoms. The quantitative estimate of drug-likeness (QED) is 0.732. The fourth-order valence-electron chi connectivity index (χ4n) is 3.82. The van der Waals surface area contributed by atoms with Crippen LogP contribution in [0.2, 0.25) is 5.02 Å². The molecule has 0 aromatic heterocycles. The van der Waals surface area contributed by atoms with Crippen LogP contribution in [0.5, 0.6) is 5.75 Å². The molecule has 0 bridgehead atoms. The summed E-state index contributed by atoms with van der Waals surface area (Å²) in [5.41, 5.74) is 3.00. The molecular formula is C22H21ClN2O3. The van der Waals surface area contributed by atoms with Gasteiger partial charge in [-0.3, -0.25) is 9.59 Å². The number of hydrogen-bond acceptors (Lipinski definition) is 4. The molecule has 4 rings (SSSR count). The van der Waals surface area contributed by atoms with Crippen molar-refractivity contribution in [2.45, 2.75) is 19.8 Å². The molecule has 28 heavy (non-hydrogen) atoms. The van der Waals surface area contributed by atoms with Crippen molar-refractivity contribution in [1.82, 2.24) is 4.90 Å². The second-order valence-electron chi connectivity index (χ2n) is 7.05. The summed E-state index contributed by atoms with van der Waals surface area (Å²) in [6.07, 6.45) is 2.01. The van der Waals surface area contributed by atoms with Crippen LogP contribution in [-0.2, 0) is 9.59 Å². The number of methoxy groups -OCH3 is 1. The largest absolute Gasteiger partial charge is 0.495 e. The van der Waals surface area contributed by atoms with Crippen LogP contribution in [0.25, 0.3) is 5.57 Å². The van der Waals surface area contributed by atoms with Gasteiger partial charge in [-0.05, 0) is 55.2 Å². The topological polar surface area (TPSA) is 49.9 Å². The van der Waals surface area contributed by atoms with Gasteiger partial charge in [0.15, 0.2) is 0 Å². The van der Waals surface area contributed by atoms with E-state index in [0.29, 0.717) is 33.3 Å². The molecule has 2 amide bonds. The molecule has 5 nitrogen and oxygen atoms in total. The Morgan fingerprint density at radius 1 is 0.964 bits per heavy atom. The van der Waals surface area contributed by atoms with Gasteiger partial charge in [-0.2, -0.15) is 0 Å². The minimum absolute atomic E-state index is 0.305. The van der Waals surface area contributed by atoms with E-state index >= 15 is 0 Å². The third-order valence-corrected chi connectivity index (χ3v) is 5.44. The summed E-state index contributed by atoms with van der Waals surface area (Å²) in [6.45, 7) is 3.46. The van der Waals surface area contributed by atoms with Gasteiger partial charge in [0.05, 0.1) is 18.4 Å². The van der Waals surface area contributed by atoms with Crippen LogP contribution in [0.3, 0.4) is 0 Å². The number of halogens is 1. The molecule has 2 heterocycles. The van der Waals surface area contributed by atoms with Gasteiger partial charge in [0.1, 0.15) is 11.4 Å². The molecule has 0 atom stereocenters. The first-order valence-electron chi connectivity index (χ1n) is 9.30. The van der Waals surface area contributed by atoms with Gasteiger partial charge in [0, 0.05) is 18.1 Å². The molecule has 0 radical (unpaired) electrons. The highest BCUT2D eigenvalue weighted by molar-refractivity contribution is 6.45. The monoisotopic (exact) mass is 396 g/mol. The molecule has 144 valence electrons. The predicted molar refractivity (Wildman–Crippen MR) is 109 cm³/mol. The van der Waals surface area contributed by atoms with E-state index in [4.69, 9.17) is 16.3 Å². The normalized spacial score (nSPS) is 17.1. The molecule has 2 aromatic rings. The highest BCUT2D eigenvalue weighted by Gasteiger charge is 2.43. The number of ether oxygens (including phenoxy) is 1. The highest BCUT2D eigenvalue weighted by atomic mass is 35.5. The Kier molecular flexibility index (Phi) is 4.85. The number of imide groups is 1. The smallest absolute Gasteiger partial charge is 0.282 e. The van der Waals surface area contributed by atoms with Gasteiger partial charge in [0.2, 0.25) is 0 Å². The van der Waals surface area contributed by atoms with E-state index in [9.17, 15) is 9.59 Å². The summed E-state index contributed by atoms with van der Waals surface area (Å²) in [4.78, 5) is 30.2. The second-order valence-corrected chi connectivity index (χ2v) is 7.48. The number of carbonyl (C=O) groups is 2. The van der Waals surface area contributed by atoms with Gasteiger partial charge in [-0.25, -0.2) is 4.90 Å². The molecule has 0 saturated carbocycles. The van der Waals surface area contributed by atoms with Crippen molar-refractivity contribution in [3.63, 3.8) is 0 Å². The lowest BCUT2D eigenvalue weighted by Crippen LogP contribution is -2.34. The van der Waals surface area contributed by atoms with E-state index in [1.54, 1.807) is 36.4 Å². The van der Waals surface area contributed by atoms with E-state index in [0.717, 1.165) is 31.5 Å². The van der Waals surface area contributed by atoms with Gasteiger partial charge in [-0.15, -0.1) is 0 Å². The lowest BCUT2D eigenvalue weighted by Gasteiger charge is -2.21. The zero-order chi connectivity index (χ0) is 19.8. The summed E-state index contributed by atoms with van der Waals surface area (Å²) in [7, 11) is 1.54. The maximum absolute atomic E-state index is 13.5. The number of hydrogen-bond donors (Lipinski definition) is 0. The Morgan fingerprint density at radius 3 is 2.29 bits per heavy atom. The Morgan fingerprint density at radius 2 is 1.64 bits per heavy atom. The van der Waals surface area contributed by atoms with Crippen molar-refractivity contribution in [3.8, 4) is 5.75 Å². The fraction of sp³-hybridized carbons (Fsp3) is 0.273. The molecule has 0 aliphatic carbocycles. The summed E-state index contributed by atoms with van der Waals surface area (Å²) in [5.74, 6) is -0.149. The fourth-order valence-corrected chi connectivity index (χ4v) is 3.95. The number of likely N-dealkylation sites (tertiary alicyclic amines) is 1. The van der Waals surface area contributed by atoms with Crippen LogP contribution >= 0.6 is 11.6 Å². The van der Waals surface area contributed by atoms with Crippen molar-refractivity contribution in [2.24, 2.45) is 0 Å². The number of benzene rings is 2. The Bertz CT molecular complexity index is 976. The van der Waals surface area contributed by atoms with E-state index in [1.807, 2.05) is 17.9 Å². The van der Waals surface area contributed by atoms with E-state index in [2.05, 4.69) is 0 Å². The van der Waals surface area contributed by atoms with Crippen molar-refractivity contribution in [1.29, 1.82) is 0 Å². The Hall–Kier alpha value is -2.79. The number of nitrogens with zero attached hydrogens (tertiary/aromatic N) is 2. The third kappa shape index (κ3) is 3.06. The number of anilines is 1. The van der Waals surface area contributed by atoms with E-state index < -0.39 is 0 Å². The predicted octanol–water partition coefficient (Wildman–Crippen LogP) is 4.04. The zero-order valence-electron chi connectivity index (χ0n) is 15.9. The SMILES string of the molecule is COc1ccc(C)cc1N1C(=O)C(c2ccc(Cl)cc2)=C(N2CCCC2)C1=O. The molecule has 0 N–H and O–H groups in total. The highest BCUT2D eigenvalue weighted by Crippen LogP contribution is 2.39. The standard InChI is InChI=1S/C22H21ClN2O3/c1-14-5-10-18(28-2)17(13-14)25-21(26)19(15-6-8-16(23)9-7-15)20(22(25)27)24-11-3-4-12-24/h5-10,13H,3-4,11-12H2,1-2H3. The molecule has 1 saturated heterocycles. The van der Waals surface area contributed by atoms with Crippen molar-refractivity contribution in [3.05, 3.63) is 64.3 Å². The number of aryl methyl sites for hydroxylation is 1. The van der Waals surface area contributed by atoms with E-state index in [1.165, 1.54) is 12.0 Å². The number of carbonyl (C=O) groups excluding carboxylic acids is 2. The maximum atomic E-state index is 13.5.